The maximum Gasteiger partial charge on any atom is 0.239 e. The number of rotatable bonds is 4. The second-order valence-electron chi connectivity index (χ2n) is 6.46. The molecule has 6 nitrogen and oxygen atoms in total. The molecule has 1 unspecified atom stereocenters. The molecule has 0 aliphatic carbocycles. The van der Waals surface area contributed by atoms with Crippen LogP contribution in [-0.4, -0.2) is 61.0 Å². The molecule has 2 saturated heterocycles. The van der Waals surface area contributed by atoms with Crippen LogP contribution in [0.1, 0.15) is 24.4 Å². The highest BCUT2D eigenvalue weighted by molar-refractivity contribution is 5.82. The molecule has 1 aromatic rings. The first-order chi connectivity index (χ1) is 11.7. The molecular formula is C18H25N3O3. The molecule has 1 atom stereocenters. The van der Waals surface area contributed by atoms with Crippen LogP contribution in [0, 0.1) is 5.92 Å². The Hall–Kier alpha value is -1.92. The lowest BCUT2D eigenvalue weighted by Gasteiger charge is -2.38. The minimum Gasteiger partial charge on any atom is -0.378 e. The van der Waals surface area contributed by atoms with Gasteiger partial charge >= 0.3 is 0 Å². The molecule has 2 aliphatic rings. The number of carbonyl (C=O) groups excluding carboxylic acids is 2. The van der Waals surface area contributed by atoms with Crippen molar-refractivity contribution >= 4 is 11.8 Å². The van der Waals surface area contributed by atoms with Crippen LogP contribution in [0.3, 0.4) is 0 Å². The fourth-order valence-corrected chi connectivity index (χ4v) is 3.64. The van der Waals surface area contributed by atoms with E-state index in [-0.39, 0.29) is 17.7 Å². The number of piperidine rings is 1. The third-order valence-electron chi connectivity index (χ3n) is 4.95. The molecule has 2 aliphatic heterocycles. The summed E-state index contributed by atoms with van der Waals surface area (Å²) in [6, 6.07) is 9.21. The average molecular weight is 331 g/mol. The largest absolute Gasteiger partial charge is 0.378 e. The van der Waals surface area contributed by atoms with Gasteiger partial charge in [0, 0.05) is 19.0 Å². The number of likely N-dealkylation sites (tertiary alicyclic amines) is 1. The van der Waals surface area contributed by atoms with E-state index in [1.807, 2.05) is 35.2 Å². The fraction of sp³-hybridized carbons (Fsp3) is 0.556. The number of hydrogen-bond donors (Lipinski definition) is 1. The number of primary amides is 1. The summed E-state index contributed by atoms with van der Waals surface area (Å²) in [6.45, 7) is 4.05. The van der Waals surface area contributed by atoms with Crippen LogP contribution >= 0.6 is 0 Å². The number of nitrogens with zero attached hydrogens (tertiary/aromatic N) is 2. The van der Waals surface area contributed by atoms with Crippen LogP contribution in [0.15, 0.2) is 30.3 Å². The molecule has 0 aromatic heterocycles. The summed E-state index contributed by atoms with van der Waals surface area (Å²) in [5.74, 6) is -0.0592. The Morgan fingerprint density at radius 1 is 1.04 bits per heavy atom. The summed E-state index contributed by atoms with van der Waals surface area (Å²) in [4.78, 5) is 28.6. The van der Waals surface area contributed by atoms with Gasteiger partial charge in [-0.15, -0.1) is 0 Å². The van der Waals surface area contributed by atoms with Crippen LogP contribution in [0.5, 0.6) is 0 Å². The van der Waals surface area contributed by atoms with Gasteiger partial charge in [-0.1, -0.05) is 30.3 Å². The van der Waals surface area contributed by atoms with Crippen LogP contribution in [-0.2, 0) is 14.3 Å². The molecule has 0 bridgehead atoms. The van der Waals surface area contributed by atoms with Crippen LogP contribution < -0.4 is 5.73 Å². The summed E-state index contributed by atoms with van der Waals surface area (Å²) in [7, 11) is 0. The monoisotopic (exact) mass is 331 g/mol. The first-order valence-electron chi connectivity index (χ1n) is 8.61. The minimum atomic E-state index is -0.411. The smallest absolute Gasteiger partial charge is 0.239 e. The number of nitrogens with two attached hydrogens (primary N) is 1. The lowest BCUT2D eigenvalue weighted by Crippen LogP contribution is -2.48. The summed E-state index contributed by atoms with van der Waals surface area (Å²) >= 11 is 0. The molecule has 0 spiro atoms. The number of ether oxygens (including phenoxy) is 1. The van der Waals surface area contributed by atoms with Gasteiger partial charge in [-0.05, 0) is 31.5 Å². The van der Waals surface area contributed by atoms with Crippen LogP contribution in [0.2, 0.25) is 0 Å². The highest BCUT2D eigenvalue weighted by Crippen LogP contribution is 2.28. The van der Waals surface area contributed by atoms with Crippen molar-refractivity contribution in [3.05, 3.63) is 35.9 Å². The lowest BCUT2D eigenvalue weighted by atomic mass is 9.92. The summed E-state index contributed by atoms with van der Waals surface area (Å²) in [5.41, 5.74) is 6.56. The zero-order valence-corrected chi connectivity index (χ0v) is 13.9. The molecule has 2 amide bonds. The maximum absolute atomic E-state index is 12.6. The third-order valence-corrected chi connectivity index (χ3v) is 4.95. The van der Waals surface area contributed by atoms with E-state index in [1.54, 1.807) is 0 Å². The summed E-state index contributed by atoms with van der Waals surface area (Å²) in [6.07, 6.45) is 1.54. The van der Waals surface area contributed by atoms with E-state index in [2.05, 4.69) is 4.90 Å². The highest BCUT2D eigenvalue weighted by Gasteiger charge is 2.33. The van der Waals surface area contributed by atoms with Gasteiger partial charge in [0.2, 0.25) is 11.8 Å². The molecule has 2 fully saturated rings. The molecular weight excluding hydrogens is 306 g/mol. The van der Waals surface area contributed by atoms with E-state index in [9.17, 15) is 9.59 Å². The number of benzene rings is 1. The second kappa shape index (κ2) is 7.77. The Bertz CT molecular complexity index is 564. The molecule has 1 aromatic carbocycles. The number of hydrogen-bond acceptors (Lipinski definition) is 4. The van der Waals surface area contributed by atoms with E-state index < -0.39 is 6.04 Å². The van der Waals surface area contributed by atoms with Crippen molar-refractivity contribution in [1.82, 2.24) is 9.80 Å². The number of carbonyl (C=O) groups is 2. The van der Waals surface area contributed by atoms with Gasteiger partial charge in [0.05, 0.1) is 13.2 Å². The van der Waals surface area contributed by atoms with E-state index in [0.29, 0.717) is 39.4 Å². The first kappa shape index (κ1) is 16.9. The SMILES string of the molecule is NC(=O)C(c1ccccc1)N1CCC(C(=O)N2CCOCC2)CC1. The van der Waals surface area contributed by atoms with Crippen molar-refractivity contribution in [3.63, 3.8) is 0 Å². The van der Waals surface area contributed by atoms with Crippen molar-refractivity contribution in [3.8, 4) is 0 Å². The molecule has 3 rings (SSSR count). The second-order valence-corrected chi connectivity index (χ2v) is 6.46. The highest BCUT2D eigenvalue weighted by atomic mass is 16.5. The van der Waals surface area contributed by atoms with Crippen LogP contribution in [0.25, 0.3) is 0 Å². The normalized spacial score (nSPS) is 21.4. The van der Waals surface area contributed by atoms with Gasteiger partial charge in [0.15, 0.2) is 0 Å². The third kappa shape index (κ3) is 3.76. The zero-order valence-electron chi connectivity index (χ0n) is 13.9. The van der Waals surface area contributed by atoms with Crippen LogP contribution in [0.4, 0.5) is 0 Å². The molecule has 2 N–H and O–H groups in total. The minimum absolute atomic E-state index is 0.0450. The maximum atomic E-state index is 12.6. The Morgan fingerprint density at radius 3 is 2.25 bits per heavy atom. The quantitative estimate of drug-likeness (QED) is 0.885. The standard InChI is InChI=1S/C18H25N3O3/c19-17(22)16(14-4-2-1-3-5-14)20-8-6-15(7-9-20)18(23)21-10-12-24-13-11-21/h1-5,15-16H,6-13H2,(H2,19,22). The molecule has 2 heterocycles. The fourth-order valence-electron chi connectivity index (χ4n) is 3.64. The number of morpholine rings is 1. The summed E-state index contributed by atoms with van der Waals surface area (Å²) in [5, 5.41) is 0. The van der Waals surface area contributed by atoms with Gasteiger partial charge in [-0.2, -0.15) is 0 Å². The van der Waals surface area contributed by atoms with E-state index in [4.69, 9.17) is 10.5 Å². The van der Waals surface area contributed by atoms with Gasteiger partial charge in [-0.25, -0.2) is 0 Å². The van der Waals surface area contributed by atoms with Crippen molar-refractivity contribution in [2.75, 3.05) is 39.4 Å². The van der Waals surface area contributed by atoms with E-state index >= 15 is 0 Å². The van der Waals surface area contributed by atoms with Gasteiger partial charge in [-0.3, -0.25) is 14.5 Å². The van der Waals surface area contributed by atoms with Gasteiger partial charge in [0.25, 0.3) is 0 Å². The molecule has 130 valence electrons. The predicted molar refractivity (Wildman–Crippen MR) is 90.1 cm³/mol. The Morgan fingerprint density at radius 2 is 1.67 bits per heavy atom. The number of amides is 2. The van der Waals surface area contributed by atoms with Crippen molar-refractivity contribution in [2.24, 2.45) is 11.7 Å². The Labute approximate surface area is 142 Å². The predicted octanol–water partition coefficient (Wildman–Crippen LogP) is 0.784. The molecule has 0 radical (unpaired) electrons. The van der Waals surface area contributed by atoms with Gasteiger partial charge < -0.3 is 15.4 Å². The van der Waals surface area contributed by atoms with E-state index in [0.717, 1.165) is 18.4 Å². The van der Waals surface area contributed by atoms with Crippen molar-refractivity contribution in [1.29, 1.82) is 0 Å². The topological polar surface area (TPSA) is 75.9 Å². The van der Waals surface area contributed by atoms with E-state index in [1.165, 1.54) is 0 Å². The molecule has 0 saturated carbocycles. The average Bonchev–Trinajstić information content (AvgIpc) is 2.63. The van der Waals surface area contributed by atoms with Crippen molar-refractivity contribution < 1.29 is 14.3 Å². The first-order valence-corrected chi connectivity index (χ1v) is 8.61. The summed E-state index contributed by atoms with van der Waals surface area (Å²) < 4.78 is 5.31. The molecule has 24 heavy (non-hydrogen) atoms. The lowest BCUT2D eigenvalue weighted by molar-refractivity contribution is -0.141. The molecule has 6 heteroatoms. The van der Waals surface area contributed by atoms with Gasteiger partial charge in [0.1, 0.15) is 6.04 Å². The Kier molecular flexibility index (Phi) is 5.48. The zero-order chi connectivity index (χ0) is 16.9. The van der Waals surface area contributed by atoms with Crippen molar-refractivity contribution in [2.45, 2.75) is 18.9 Å². The Balaban J connectivity index is 1.61.